The summed E-state index contributed by atoms with van der Waals surface area (Å²) in [6.45, 7) is 2.26. The summed E-state index contributed by atoms with van der Waals surface area (Å²) >= 11 is 0. The molecule has 0 aromatic heterocycles. The Morgan fingerprint density at radius 2 is 1.93 bits per heavy atom. The monoisotopic (exact) mass is 220 g/mol. The van der Waals surface area contributed by atoms with E-state index in [0.29, 0.717) is 12.8 Å². The van der Waals surface area contributed by atoms with E-state index in [1.165, 1.54) is 6.92 Å². The summed E-state index contributed by atoms with van der Waals surface area (Å²) < 4.78 is 0. The molecule has 0 aromatic rings. The van der Waals surface area contributed by atoms with E-state index in [9.17, 15) is 25.3 Å². The molecule has 0 heterocycles. The topological polar surface area (TPSA) is 107 Å². The minimum absolute atomic E-state index is 0.186. The van der Waals surface area contributed by atoms with Crippen LogP contribution in [-0.2, 0) is 0 Å². The Kier molecular flexibility index (Phi) is 5.13. The van der Waals surface area contributed by atoms with Gasteiger partial charge < -0.3 is 5.11 Å². The number of aliphatic hydroxyl groups excluding tert-OH is 1. The lowest BCUT2D eigenvalue weighted by atomic mass is 9.93. The molecule has 0 aliphatic rings. The molecular formula is C8H16N2O5. The van der Waals surface area contributed by atoms with Crippen molar-refractivity contribution in [2.75, 3.05) is 6.54 Å². The summed E-state index contributed by atoms with van der Waals surface area (Å²) in [5.41, 5.74) is -1.68. The van der Waals surface area contributed by atoms with Crippen LogP contribution >= 0.6 is 0 Å². The van der Waals surface area contributed by atoms with Crippen molar-refractivity contribution >= 4 is 0 Å². The first-order valence-corrected chi connectivity index (χ1v) is 4.76. The van der Waals surface area contributed by atoms with Crippen molar-refractivity contribution in [3.63, 3.8) is 0 Å². The number of nitro groups is 2. The van der Waals surface area contributed by atoms with Crippen molar-refractivity contribution in [2.24, 2.45) is 0 Å². The standard InChI is InChI=1S/C8H16N2O5/c1-3-4-7(11)5-8(2,10(14)15)6-9(12)13/h7,11H,3-6H2,1-2H3. The Morgan fingerprint density at radius 3 is 2.27 bits per heavy atom. The molecule has 0 fully saturated rings. The third-order valence-electron chi connectivity index (χ3n) is 2.21. The second kappa shape index (κ2) is 5.59. The molecule has 0 spiro atoms. The molecule has 15 heavy (non-hydrogen) atoms. The highest BCUT2D eigenvalue weighted by Crippen LogP contribution is 2.19. The average molecular weight is 220 g/mol. The molecule has 0 amide bonds. The average Bonchev–Trinajstić information content (AvgIpc) is 2.01. The fraction of sp³-hybridized carbons (Fsp3) is 1.00. The highest BCUT2D eigenvalue weighted by Gasteiger charge is 2.44. The first-order chi connectivity index (χ1) is 6.81. The van der Waals surface area contributed by atoms with Gasteiger partial charge in [0.1, 0.15) is 0 Å². The van der Waals surface area contributed by atoms with Gasteiger partial charge in [0, 0.05) is 16.8 Å². The lowest BCUT2D eigenvalue weighted by molar-refractivity contribution is -0.625. The van der Waals surface area contributed by atoms with E-state index in [1.807, 2.05) is 6.92 Å². The summed E-state index contributed by atoms with van der Waals surface area (Å²) in [5.74, 6) is 0. The quantitative estimate of drug-likeness (QED) is 0.505. The molecule has 7 heteroatoms. The second-order valence-corrected chi connectivity index (χ2v) is 3.89. The Labute approximate surface area is 87.4 Å². The first kappa shape index (κ1) is 13.8. The van der Waals surface area contributed by atoms with Gasteiger partial charge in [-0.2, -0.15) is 0 Å². The van der Waals surface area contributed by atoms with E-state index in [4.69, 9.17) is 0 Å². The molecule has 1 N–H and O–H groups in total. The Balaban J connectivity index is 4.51. The molecule has 0 aromatic carbocycles. The maximum absolute atomic E-state index is 10.7. The van der Waals surface area contributed by atoms with Gasteiger partial charge in [0.15, 0.2) is 0 Å². The van der Waals surface area contributed by atoms with Gasteiger partial charge in [0.25, 0.3) is 12.1 Å². The smallest absolute Gasteiger partial charge is 0.284 e. The molecule has 0 rings (SSSR count). The van der Waals surface area contributed by atoms with Gasteiger partial charge in [-0.15, -0.1) is 0 Å². The highest BCUT2D eigenvalue weighted by molar-refractivity contribution is 4.76. The van der Waals surface area contributed by atoms with Crippen LogP contribution in [0.25, 0.3) is 0 Å². The van der Waals surface area contributed by atoms with Gasteiger partial charge in [0.05, 0.1) is 12.5 Å². The summed E-state index contributed by atoms with van der Waals surface area (Å²) in [4.78, 5) is 19.6. The number of hydrogen-bond donors (Lipinski definition) is 1. The molecular weight excluding hydrogens is 204 g/mol. The predicted molar refractivity (Wildman–Crippen MR) is 52.8 cm³/mol. The SMILES string of the molecule is CCCC(O)CC(C)(C[N+](=O)[O-])[N+](=O)[O-]. The minimum Gasteiger partial charge on any atom is -0.393 e. The Hall–Kier alpha value is -1.24. The fourth-order valence-corrected chi connectivity index (χ4v) is 1.42. The summed E-state index contributed by atoms with van der Waals surface area (Å²) in [6.07, 6.45) is 0.0639. The fourth-order valence-electron chi connectivity index (χ4n) is 1.42. The third kappa shape index (κ3) is 4.68. The lowest BCUT2D eigenvalue weighted by Gasteiger charge is -2.19. The molecule has 0 saturated heterocycles. The van der Waals surface area contributed by atoms with Crippen LogP contribution in [-0.4, -0.2) is 33.1 Å². The van der Waals surface area contributed by atoms with Gasteiger partial charge in [-0.1, -0.05) is 13.3 Å². The second-order valence-electron chi connectivity index (χ2n) is 3.89. The van der Waals surface area contributed by atoms with E-state index in [-0.39, 0.29) is 6.42 Å². The van der Waals surface area contributed by atoms with Crippen molar-refractivity contribution in [2.45, 2.75) is 44.8 Å². The summed E-state index contributed by atoms with van der Waals surface area (Å²) in [5, 5.41) is 30.4. The zero-order chi connectivity index (χ0) is 12.1. The van der Waals surface area contributed by atoms with Crippen LogP contribution < -0.4 is 0 Å². The Bertz CT molecular complexity index is 245. The van der Waals surface area contributed by atoms with E-state index in [0.717, 1.165) is 0 Å². The van der Waals surface area contributed by atoms with Gasteiger partial charge in [-0.3, -0.25) is 20.2 Å². The lowest BCUT2D eigenvalue weighted by Crippen LogP contribution is -2.44. The zero-order valence-corrected chi connectivity index (χ0v) is 8.88. The number of nitrogens with zero attached hydrogens (tertiary/aromatic N) is 2. The zero-order valence-electron chi connectivity index (χ0n) is 8.88. The minimum atomic E-state index is -1.68. The van der Waals surface area contributed by atoms with Crippen molar-refractivity contribution in [3.05, 3.63) is 20.2 Å². The van der Waals surface area contributed by atoms with Crippen LogP contribution in [0.3, 0.4) is 0 Å². The van der Waals surface area contributed by atoms with Crippen LogP contribution in [0.2, 0.25) is 0 Å². The molecule has 2 atom stereocenters. The third-order valence-corrected chi connectivity index (χ3v) is 2.21. The van der Waals surface area contributed by atoms with Crippen molar-refractivity contribution < 1.29 is 15.0 Å². The van der Waals surface area contributed by atoms with E-state index in [1.54, 1.807) is 0 Å². The van der Waals surface area contributed by atoms with Crippen molar-refractivity contribution in [1.29, 1.82) is 0 Å². The van der Waals surface area contributed by atoms with Crippen LogP contribution in [0.4, 0.5) is 0 Å². The van der Waals surface area contributed by atoms with Crippen molar-refractivity contribution in [3.8, 4) is 0 Å². The van der Waals surface area contributed by atoms with Gasteiger partial charge in [-0.05, 0) is 6.42 Å². The van der Waals surface area contributed by atoms with Crippen LogP contribution in [0.15, 0.2) is 0 Å². The molecule has 0 radical (unpaired) electrons. The normalized spacial score (nSPS) is 16.7. The van der Waals surface area contributed by atoms with Crippen LogP contribution in [0, 0.1) is 20.2 Å². The van der Waals surface area contributed by atoms with E-state index < -0.39 is 28.0 Å². The molecule has 0 aliphatic heterocycles. The number of aliphatic hydroxyl groups is 1. The molecule has 0 saturated carbocycles. The largest absolute Gasteiger partial charge is 0.393 e. The maximum Gasteiger partial charge on any atom is 0.284 e. The first-order valence-electron chi connectivity index (χ1n) is 4.76. The number of rotatable bonds is 7. The maximum atomic E-state index is 10.7. The van der Waals surface area contributed by atoms with Crippen LogP contribution in [0.1, 0.15) is 33.1 Å². The molecule has 0 bridgehead atoms. The number of hydrogen-bond acceptors (Lipinski definition) is 5. The molecule has 2 unspecified atom stereocenters. The van der Waals surface area contributed by atoms with Gasteiger partial charge in [0.2, 0.25) is 0 Å². The van der Waals surface area contributed by atoms with Gasteiger partial charge in [-0.25, -0.2) is 0 Å². The van der Waals surface area contributed by atoms with Crippen LogP contribution in [0.5, 0.6) is 0 Å². The van der Waals surface area contributed by atoms with E-state index >= 15 is 0 Å². The predicted octanol–water partition coefficient (Wildman–Crippen LogP) is 0.850. The molecule has 7 nitrogen and oxygen atoms in total. The van der Waals surface area contributed by atoms with Gasteiger partial charge >= 0.3 is 0 Å². The summed E-state index contributed by atoms with van der Waals surface area (Å²) in [6, 6.07) is 0. The van der Waals surface area contributed by atoms with Crippen molar-refractivity contribution in [1.82, 2.24) is 0 Å². The molecule has 0 aliphatic carbocycles. The molecule has 88 valence electrons. The summed E-state index contributed by atoms with van der Waals surface area (Å²) in [7, 11) is 0. The highest BCUT2D eigenvalue weighted by atomic mass is 16.6. The van der Waals surface area contributed by atoms with E-state index in [2.05, 4.69) is 0 Å². The Morgan fingerprint density at radius 1 is 1.40 bits per heavy atom.